The minimum absolute atomic E-state index is 0.206. The number of nitrogens with zero attached hydrogens (tertiary/aromatic N) is 1. The summed E-state index contributed by atoms with van der Waals surface area (Å²) in [6.45, 7) is 4.57. The first-order chi connectivity index (χ1) is 14.3. The smallest absolute Gasteiger partial charge is 0.298 e. The van der Waals surface area contributed by atoms with Crippen molar-refractivity contribution < 1.29 is 19.1 Å². The van der Waals surface area contributed by atoms with Gasteiger partial charge in [0, 0.05) is 24.9 Å². The van der Waals surface area contributed by atoms with Crippen LogP contribution in [0.1, 0.15) is 27.2 Å². The molecule has 0 radical (unpaired) electrons. The first-order valence-electron chi connectivity index (χ1n) is 9.32. The molecule has 1 heterocycles. The minimum atomic E-state index is -0.805. The molecule has 0 aliphatic rings. The summed E-state index contributed by atoms with van der Waals surface area (Å²) in [5.41, 5.74) is 3.92. The first-order valence-corrected chi connectivity index (χ1v) is 9.70. The van der Waals surface area contributed by atoms with Crippen molar-refractivity contribution in [1.82, 2.24) is 4.57 Å². The number of Topliss-reactive ketones (excluding diaryl/α,β-unsaturated/α-hetero) is 1. The maximum absolute atomic E-state index is 12.8. The van der Waals surface area contributed by atoms with Gasteiger partial charge in [0.15, 0.2) is 0 Å². The topological polar surface area (TPSA) is 69.6 Å². The number of aromatic nitrogens is 1. The van der Waals surface area contributed by atoms with E-state index < -0.39 is 11.7 Å². The number of carbonyl (C=O) groups is 2. The van der Waals surface area contributed by atoms with Crippen molar-refractivity contribution in [3.63, 3.8) is 0 Å². The van der Waals surface area contributed by atoms with Crippen LogP contribution >= 0.6 is 11.6 Å². The Morgan fingerprint density at radius 3 is 2.47 bits per heavy atom. The molecule has 0 spiro atoms. The molecule has 6 nitrogen and oxygen atoms in total. The number of ketones is 1. The second-order valence-corrected chi connectivity index (χ2v) is 7.32. The van der Waals surface area contributed by atoms with Gasteiger partial charge in [0.1, 0.15) is 17.2 Å². The van der Waals surface area contributed by atoms with Crippen molar-refractivity contribution in [3.05, 3.63) is 76.1 Å². The van der Waals surface area contributed by atoms with Crippen LogP contribution in [-0.2, 0) is 11.3 Å². The molecule has 0 bridgehead atoms. The second-order valence-electron chi connectivity index (χ2n) is 6.91. The summed E-state index contributed by atoms with van der Waals surface area (Å²) >= 11 is 6.24. The average Bonchev–Trinajstić information content (AvgIpc) is 3.19. The molecule has 0 fully saturated rings. The van der Waals surface area contributed by atoms with Crippen LogP contribution in [0.15, 0.2) is 48.7 Å². The fourth-order valence-electron chi connectivity index (χ4n) is 3.10. The third kappa shape index (κ3) is 4.49. The number of rotatable bonds is 7. The summed E-state index contributed by atoms with van der Waals surface area (Å²) in [5.74, 6) is -0.701. The van der Waals surface area contributed by atoms with Crippen LogP contribution in [-0.4, -0.2) is 30.5 Å². The van der Waals surface area contributed by atoms with Gasteiger partial charge in [0.25, 0.3) is 11.7 Å². The van der Waals surface area contributed by atoms with Gasteiger partial charge in [-0.2, -0.15) is 0 Å². The zero-order valence-corrected chi connectivity index (χ0v) is 18.0. The molecular formula is C23H23ClN2O4. The van der Waals surface area contributed by atoms with Crippen molar-refractivity contribution in [3.8, 4) is 11.5 Å². The molecule has 156 valence electrons. The number of hydrogen-bond donors (Lipinski definition) is 1. The van der Waals surface area contributed by atoms with E-state index in [9.17, 15) is 9.59 Å². The van der Waals surface area contributed by atoms with Crippen molar-refractivity contribution >= 4 is 29.0 Å². The Balaban J connectivity index is 1.82. The largest absolute Gasteiger partial charge is 0.497 e. The molecule has 0 aliphatic carbocycles. The van der Waals surface area contributed by atoms with Gasteiger partial charge >= 0.3 is 0 Å². The van der Waals surface area contributed by atoms with E-state index in [1.807, 2.05) is 26.0 Å². The number of nitrogens with one attached hydrogen (secondary N) is 1. The highest BCUT2D eigenvalue weighted by atomic mass is 35.5. The van der Waals surface area contributed by atoms with Gasteiger partial charge in [-0.3, -0.25) is 9.59 Å². The van der Waals surface area contributed by atoms with Gasteiger partial charge < -0.3 is 19.4 Å². The summed E-state index contributed by atoms with van der Waals surface area (Å²) in [7, 11) is 2.94. The molecule has 3 rings (SSSR count). The fraction of sp³-hybridized carbons (Fsp3) is 0.217. The Morgan fingerprint density at radius 2 is 1.80 bits per heavy atom. The Hall–Kier alpha value is -3.25. The second kappa shape index (κ2) is 9.05. The van der Waals surface area contributed by atoms with Gasteiger partial charge in [-0.15, -0.1) is 0 Å². The summed E-state index contributed by atoms with van der Waals surface area (Å²) < 4.78 is 12.2. The Labute approximate surface area is 180 Å². The third-order valence-corrected chi connectivity index (χ3v) is 5.21. The quantitative estimate of drug-likeness (QED) is 0.441. The molecule has 3 aromatic rings. The number of anilines is 1. The first kappa shape index (κ1) is 21.5. The van der Waals surface area contributed by atoms with E-state index in [1.54, 1.807) is 29.0 Å². The van der Waals surface area contributed by atoms with E-state index in [2.05, 4.69) is 11.4 Å². The van der Waals surface area contributed by atoms with Crippen molar-refractivity contribution in [2.75, 3.05) is 19.5 Å². The van der Waals surface area contributed by atoms with E-state index in [4.69, 9.17) is 21.1 Å². The Morgan fingerprint density at radius 1 is 1.03 bits per heavy atom. The molecule has 2 aromatic carbocycles. The molecule has 0 saturated carbocycles. The van der Waals surface area contributed by atoms with Gasteiger partial charge in [-0.1, -0.05) is 29.8 Å². The molecular weight excluding hydrogens is 404 g/mol. The standard InChI is InChI=1S/C23H23ClN2O4/c1-14-7-8-16(10-15(14)2)13-26-9-5-6-19(26)22(27)23(28)25-21-18(24)11-17(29-3)12-20(21)30-4/h5-12H,13H2,1-4H3,(H,25,28). The molecule has 7 heteroatoms. The highest BCUT2D eigenvalue weighted by Crippen LogP contribution is 2.36. The zero-order valence-electron chi connectivity index (χ0n) is 17.3. The molecule has 0 saturated heterocycles. The molecule has 1 amide bonds. The molecule has 0 aliphatic heterocycles. The molecule has 0 atom stereocenters. The number of carbonyl (C=O) groups excluding carboxylic acids is 2. The van der Waals surface area contributed by atoms with Crippen LogP contribution in [0.3, 0.4) is 0 Å². The summed E-state index contributed by atoms with van der Waals surface area (Å²) in [6, 6.07) is 12.6. The normalized spacial score (nSPS) is 10.6. The monoisotopic (exact) mass is 426 g/mol. The predicted octanol–water partition coefficient (Wildman–Crippen LogP) is 4.65. The lowest BCUT2D eigenvalue weighted by atomic mass is 10.1. The lowest BCUT2D eigenvalue weighted by Gasteiger charge is -2.14. The minimum Gasteiger partial charge on any atom is -0.497 e. The van der Waals surface area contributed by atoms with Crippen molar-refractivity contribution in [2.24, 2.45) is 0 Å². The van der Waals surface area contributed by atoms with Gasteiger partial charge in [-0.25, -0.2) is 0 Å². The van der Waals surface area contributed by atoms with Crippen molar-refractivity contribution in [1.29, 1.82) is 0 Å². The summed E-state index contributed by atoms with van der Waals surface area (Å²) in [6.07, 6.45) is 1.77. The SMILES string of the molecule is COc1cc(Cl)c(NC(=O)C(=O)c2cccn2Cc2ccc(C)c(C)c2)c(OC)c1. The Bertz CT molecular complexity index is 1100. The maximum atomic E-state index is 12.8. The zero-order chi connectivity index (χ0) is 21.8. The lowest BCUT2D eigenvalue weighted by Crippen LogP contribution is -2.25. The third-order valence-electron chi connectivity index (χ3n) is 4.91. The summed E-state index contributed by atoms with van der Waals surface area (Å²) in [5, 5.41) is 2.77. The number of hydrogen-bond acceptors (Lipinski definition) is 4. The van der Waals surface area contributed by atoms with Gasteiger partial charge in [0.2, 0.25) is 0 Å². The number of ether oxygens (including phenoxy) is 2. The highest BCUT2D eigenvalue weighted by molar-refractivity contribution is 6.47. The van der Waals surface area contributed by atoms with Crippen LogP contribution in [0.25, 0.3) is 0 Å². The number of halogens is 1. The number of methoxy groups -OCH3 is 2. The molecule has 1 N–H and O–H groups in total. The van der Waals surface area contributed by atoms with E-state index in [1.165, 1.54) is 31.4 Å². The van der Waals surface area contributed by atoms with E-state index in [-0.39, 0.29) is 16.4 Å². The fourth-order valence-corrected chi connectivity index (χ4v) is 3.35. The average molecular weight is 427 g/mol. The van der Waals surface area contributed by atoms with Crippen LogP contribution < -0.4 is 14.8 Å². The molecule has 30 heavy (non-hydrogen) atoms. The summed E-state index contributed by atoms with van der Waals surface area (Å²) in [4.78, 5) is 25.5. The van der Waals surface area contributed by atoms with Crippen molar-refractivity contribution in [2.45, 2.75) is 20.4 Å². The Kier molecular flexibility index (Phi) is 6.47. The van der Waals surface area contributed by atoms with Gasteiger partial charge in [0.05, 0.1) is 24.9 Å². The van der Waals surface area contributed by atoms with Crippen LogP contribution in [0.4, 0.5) is 5.69 Å². The molecule has 0 unspecified atom stereocenters. The number of amides is 1. The van der Waals surface area contributed by atoms with E-state index >= 15 is 0 Å². The van der Waals surface area contributed by atoms with E-state index in [0.29, 0.717) is 18.0 Å². The highest BCUT2D eigenvalue weighted by Gasteiger charge is 2.23. The van der Waals surface area contributed by atoms with Gasteiger partial charge in [-0.05, 0) is 42.7 Å². The van der Waals surface area contributed by atoms with Crippen LogP contribution in [0.2, 0.25) is 5.02 Å². The van der Waals surface area contributed by atoms with Crippen LogP contribution in [0, 0.1) is 13.8 Å². The number of aryl methyl sites for hydroxylation is 2. The lowest BCUT2D eigenvalue weighted by molar-refractivity contribution is -0.112. The number of benzene rings is 2. The maximum Gasteiger partial charge on any atom is 0.298 e. The van der Waals surface area contributed by atoms with E-state index in [0.717, 1.165) is 5.56 Å². The predicted molar refractivity (Wildman–Crippen MR) is 117 cm³/mol. The van der Waals surface area contributed by atoms with Crippen LogP contribution in [0.5, 0.6) is 11.5 Å². The molecule has 1 aromatic heterocycles.